The predicted molar refractivity (Wildman–Crippen MR) is 38.2 cm³/mol. The molecule has 0 rings (SSSR count). The first kappa shape index (κ1) is 8.88. The van der Waals surface area contributed by atoms with Crippen LogP contribution in [-0.2, 0) is 0 Å². The Labute approximate surface area is 56.2 Å². The van der Waals surface area contributed by atoms with Crippen LogP contribution >= 0.6 is 0 Å². The number of rotatable bonds is 5. The Morgan fingerprint density at radius 2 is 2.33 bits per heavy atom. The Kier molecular flexibility index (Phi) is 5.93. The topological polar surface area (TPSA) is 58.3 Å². The van der Waals surface area contributed by atoms with Crippen molar-refractivity contribution in [3.05, 3.63) is 0 Å². The summed E-state index contributed by atoms with van der Waals surface area (Å²) >= 11 is 0. The van der Waals surface area contributed by atoms with E-state index in [-0.39, 0.29) is 6.61 Å². The summed E-state index contributed by atoms with van der Waals surface area (Å²) in [7, 11) is 0. The van der Waals surface area contributed by atoms with E-state index < -0.39 is 0 Å². The maximum absolute atomic E-state index is 8.50. The first-order chi connectivity index (χ1) is 4.35. The summed E-state index contributed by atoms with van der Waals surface area (Å²) in [6, 6.07) is 0.292. The van der Waals surface area contributed by atoms with E-state index in [1.807, 2.05) is 6.92 Å². The highest BCUT2D eigenvalue weighted by Gasteiger charge is 2.00. The van der Waals surface area contributed by atoms with Gasteiger partial charge in [0.05, 0.1) is 0 Å². The fourth-order valence-corrected chi connectivity index (χ4v) is 0.748. The van der Waals surface area contributed by atoms with Gasteiger partial charge in [-0.05, 0) is 13.0 Å². The average molecular weight is 132 g/mol. The predicted octanol–water partition coefficient (Wildman–Crippen LogP) is -0.694. The fourth-order valence-electron chi connectivity index (χ4n) is 0.748. The number of aliphatic hydroxyl groups is 1. The van der Waals surface area contributed by atoms with Crippen molar-refractivity contribution in [1.29, 1.82) is 0 Å². The molecule has 56 valence electrons. The molecule has 3 nitrogen and oxygen atoms in total. The minimum atomic E-state index is 0.217. The maximum atomic E-state index is 8.50. The zero-order valence-corrected chi connectivity index (χ0v) is 5.93. The minimum Gasteiger partial charge on any atom is -0.396 e. The van der Waals surface area contributed by atoms with Crippen LogP contribution in [0.5, 0.6) is 0 Å². The number of nitrogens with one attached hydrogen (secondary N) is 1. The normalized spacial score (nSPS) is 13.7. The smallest absolute Gasteiger partial charge is 0.0446 e. The van der Waals surface area contributed by atoms with Gasteiger partial charge in [-0.2, -0.15) is 0 Å². The lowest BCUT2D eigenvalue weighted by molar-refractivity contribution is 0.267. The molecule has 0 fully saturated rings. The van der Waals surface area contributed by atoms with Gasteiger partial charge < -0.3 is 16.2 Å². The molecule has 4 N–H and O–H groups in total. The third-order valence-electron chi connectivity index (χ3n) is 1.25. The molecular formula is C6H16N2O. The molecule has 0 amide bonds. The van der Waals surface area contributed by atoms with Gasteiger partial charge in [-0.25, -0.2) is 0 Å². The SMILES string of the molecule is CCN[C@H](CN)CCO. The largest absolute Gasteiger partial charge is 0.396 e. The fraction of sp³-hybridized carbons (Fsp3) is 1.00. The van der Waals surface area contributed by atoms with Crippen molar-refractivity contribution < 1.29 is 5.11 Å². The molecule has 0 heterocycles. The van der Waals surface area contributed by atoms with Crippen molar-refractivity contribution in [3.63, 3.8) is 0 Å². The van der Waals surface area contributed by atoms with Gasteiger partial charge in [0, 0.05) is 19.2 Å². The summed E-state index contributed by atoms with van der Waals surface area (Å²) in [5.41, 5.74) is 5.37. The zero-order valence-electron chi connectivity index (χ0n) is 5.93. The summed E-state index contributed by atoms with van der Waals surface area (Å²) in [5.74, 6) is 0. The molecule has 0 unspecified atom stereocenters. The Morgan fingerprint density at radius 1 is 1.67 bits per heavy atom. The van der Waals surface area contributed by atoms with E-state index in [2.05, 4.69) is 5.32 Å². The minimum absolute atomic E-state index is 0.217. The molecule has 0 saturated carbocycles. The van der Waals surface area contributed by atoms with Gasteiger partial charge in [0.2, 0.25) is 0 Å². The highest BCUT2D eigenvalue weighted by Crippen LogP contribution is 1.85. The lowest BCUT2D eigenvalue weighted by Gasteiger charge is -2.12. The highest BCUT2D eigenvalue weighted by molar-refractivity contribution is 4.64. The number of hydrogen-bond donors (Lipinski definition) is 3. The Morgan fingerprint density at radius 3 is 2.67 bits per heavy atom. The van der Waals surface area contributed by atoms with E-state index >= 15 is 0 Å². The first-order valence-electron chi connectivity index (χ1n) is 3.39. The standard InChI is InChI=1S/C6H16N2O/c1-2-8-6(5-7)3-4-9/h6,8-9H,2-5,7H2,1H3/t6-/m0/s1. The van der Waals surface area contributed by atoms with Crippen LogP contribution < -0.4 is 11.1 Å². The molecule has 0 bridgehead atoms. The highest BCUT2D eigenvalue weighted by atomic mass is 16.3. The molecule has 9 heavy (non-hydrogen) atoms. The molecule has 3 heteroatoms. The van der Waals surface area contributed by atoms with Crippen LogP contribution in [0, 0.1) is 0 Å². The number of likely N-dealkylation sites (N-methyl/N-ethyl adjacent to an activating group) is 1. The maximum Gasteiger partial charge on any atom is 0.0446 e. The van der Waals surface area contributed by atoms with Crippen molar-refractivity contribution in [2.45, 2.75) is 19.4 Å². The van der Waals surface area contributed by atoms with Crippen LogP contribution in [0.4, 0.5) is 0 Å². The number of hydrogen-bond acceptors (Lipinski definition) is 3. The van der Waals surface area contributed by atoms with Gasteiger partial charge in [-0.15, -0.1) is 0 Å². The van der Waals surface area contributed by atoms with Crippen LogP contribution in [0.25, 0.3) is 0 Å². The second-order valence-electron chi connectivity index (χ2n) is 2.00. The molecule has 0 spiro atoms. The molecular weight excluding hydrogens is 116 g/mol. The summed E-state index contributed by atoms with van der Waals surface area (Å²) in [5, 5.41) is 11.6. The summed E-state index contributed by atoms with van der Waals surface area (Å²) < 4.78 is 0. The van der Waals surface area contributed by atoms with Gasteiger partial charge in [-0.3, -0.25) is 0 Å². The molecule has 0 aromatic carbocycles. The van der Waals surface area contributed by atoms with Gasteiger partial charge >= 0.3 is 0 Å². The molecule has 0 radical (unpaired) electrons. The number of nitrogens with two attached hydrogens (primary N) is 1. The molecule has 0 aromatic rings. The molecule has 0 aromatic heterocycles. The van der Waals surface area contributed by atoms with E-state index in [4.69, 9.17) is 10.8 Å². The zero-order chi connectivity index (χ0) is 7.11. The van der Waals surface area contributed by atoms with Crippen LogP contribution in [-0.4, -0.2) is 30.8 Å². The van der Waals surface area contributed by atoms with E-state index in [9.17, 15) is 0 Å². The monoisotopic (exact) mass is 132 g/mol. The molecule has 0 saturated heterocycles. The van der Waals surface area contributed by atoms with Gasteiger partial charge in [0.15, 0.2) is 0 Å². The van der Waals surface area contributed by atoms with E-state index in [1.165, 1.54) is 0 Å². The number of aliphatic hydroxyl groups excluding tert-OH is 1. The van der Waals surface area contributed by atoms with Gasteiger partial charge in [0.25, 0.3) is 0 Å². The first-order valence-corrected chi connectivity index (χ1v) is 3.39. The second-order valence-corrected chi connectivity index (χ2v) is 2.00. The van der Waals surface area contributed by atoms with Crippen LogP contribution in [0.1, 0.15) is 13.3 Å². The second kappa shape index (κ2) is 6.01. The quantitative estimate of drug-likeness (QED) is 0.464. The van der Waals surface area contributed by atoms with Crippen molar-refractivity contribution in [2.24, 2.45) is 5.73 Å². The Bertz CT molecular complexity index is 53.0. The van der Waals surface area contributed by atoms with Crippen LogP contribution in [0.3, 0.4) is 0 Å². The van der Waals surface area contributed by atoms with Gasteiger partial charge in [0.1, 0.15) is 0 Å². The molecule has 0 aliphatic heterocycles. The molecule has 0 aliphatic rings. The summed E-state index contributed by atoms with van der Waals surface area (Å²) in [6.45, 7) is 3.77. The van der Waals surface area contributed by atoms with Crippen molar-refractivity contribution in [3.8, 4) is 0 Å². The third-order valence-corrected chi connectivity index (χ3v) is 1.25. The lowest BCUT2D eigenvalue weighted by Crippen LogP contribution is -2.36. The molecule has 1 atom stereocenters. The third kappa shape index (κ3) is 4.39. The Balaban J connectivity index is 3.18. The van der Waals surface area contributed by atoms with E-state index in [1.54, 1.807) is 0 Å². The van der Waals surface area contributed by atoms with Crippen molar-refractivity contribution in [2.75, 3.05) is 19.7 Å². The Hall–Kier alpha value is -0.120. The van der Waals surface area contributed by atoms with Crippen LogP contribution in [0.15, 0.2) is 0 Å². The van der Waals surface area contributed by atoms with Crippen LogP contribution in [0.2, 0.25) is 0 Å². The van der Waals surface area contributed by atoms with Gasteiger partial charge in [-0.1, -0.05) is 6.92 Å². The van der Waals surface area contributed by atoms with E-state index in [0.717, 1.165) is 13.0 Å². The molecule has 0 aliphatic carbocycles. The average Bonchev–Trinajstić information content (AvgIpc) is 1.88. The summed E-state index contributed by atoms with van der Waals surface area (Å²) in [6.07, 6.45) is 0.754. The van der Waals surface area contributed by atoms with Crippen molar-refractivity contribution in [1.82, 2.24) is 5.32 Å². The van der Waals surface area contributed by atoms with Crippen molar-refractivity contribution >= 4 is 0 Å². The lowest BCUT2D eigenvalue weighted by atomic mass is 10.2. The van der Waals surface area contributed by atoms with E-state index in [0.29, 0.717) is 12.6 Å². The summed E-state index contributed by atoms with van der Waals surface area (Å²) in [4.78, 5) is 0.